The molecular weight excluding hydrogens is 950 g/mol. The number of halogens is 1. The van der Waals surface area contributed by atoms with E-state index >= 15 is 0 Å². The van der Waals surface area contributed by atoms with Crippen molar-refractivity contribution >= 4 is 41.1 Å². The topological polar surface area (TPSA) is 140 Å². The highest BCUT2D eigenvalue weighted by atomic mass is 35.5. The van der Waals surface area contributed by atoms with Crippen LogP contribution in [0, 0.1) is 62.6 Å². The number of ketones is 1. The number of amides is 2. The Morgan fingerprint density at radius 3 is 2.19 bits per heavy atom. The molecule has 1 aliphatic heterocycles. The molecule has 0 bridgehead atoms. The second kappa shape index (κ2) is 20.0. The zero-order valence-corrected chi connectivity index (χ0v) is 47.2. The standard InChI is InChI=1S/C62H86ClN3O8/c1-38(2)50-45(67)36-62(65-55(71)58(7,8)64-52(68)41-21-20-40(63)34-46(41)72-33-32-66-30-16-13-17-31-66)29-28-60(10)42(51(50)62)22-23-48-59(9)26-25-49(57(5,6)47(59)24-27-61(48,60)11)74-54(70)44-35-43(56(44,3)4)53(69)73-37-39-18-14-12-15-19-39/h12,14-15,18-21,34,38,42-44,47-49H,13,16-17,22-33,35-37H2,1-11H3,(H,64,68)(H,65,71)/t42-,43+,44-,47+,48-,49+,59+,60-,61-,62-/m1/s1. The Bertz CT molecular complexity index is 2550. The lowest BCUT2D eigenvalue weighted by Gasteiger charge is -2.72. The zero-order valence-electron chi connectivity index (χ0n) is 46.5. The van der Waals surface area contributed by atoms with Crippen LogP contribution >= 0.6 is 11.6 Å². The lowest BCUT2D eigenvalue weighted by Crippen LogP contribution is -2.68. The van der Waals surface area contributed by atoms with E-state index in [1.807, 2.05) is 44.2 Å². The molecule has 2 aromatic carbocycles. The van der Waals surface area contributed by atoms with Gasteiger partial charge in [0, 0.05) is 23.4 Å². The molecule has 0 aromatic heterocycles. The maximum absolute atomic E-state index is 14.8. The molecule has 74 heavy (non-hydrogen) atoms. The maximum Gasteiger partial charge on any atom is 0.309 e. The number of hydrogen-bond acceptors (Lipinski definition) is 9. The molecule has 11 nitrogen and oxygen atoms in total. The molecule has 6 fully saturated rings. The number of carbonyl (C=O) groups excluding carboxylic acids is 5. The SMILES string of the molecule is CC(C)C1=C2[C@H]3CC[C@@H]4[C@@]5(C)CC[C@H](OC(=O)[C@H]6C[C@@H](C(=O)OCc7ccccc7)C6(C)C)C(C)(C)[C@@H]5CC[C@@]4(C)[C@]3(C)CC[C@@]2(NC(=O)C(C)(C)NC(=O)c2ccc(Cl)cc2OCCN2CCCCC2)CC1=O. The van der Waals surface area contributed by atoms with Gasteiger partial charge in [-0.15, -0.1) is 0 Å². The number of Topliss-reactive ketones (excluding diaryl/α,β-unsaturated/α-hetero) is 1. The lowest BCUT2D eigenvalue weighted by molar-refractivity contribution is -0.235. The highest BCUT2D eigenvalue weighted by Crippen LogP contribution is 2.76. The van der Waals surface area contributed by atoms with Gasteiger partial charge in [0.25, 0.3) is 5.91 Å². The van der Waals surface area contributed by atoms with Crippen LogP contribution < -0.4 is 15.4 Å². The molecule has 404 valence electrons. The second-order valence-electron chi connectivity index (χ2n) is 26.7. The molecule has 9 rings (SSSR count). The molecule has 2 N–H and O–H groups in total. The van der Waals surface area contributed by atoms with Crippen LogP contribution in [0.1, 0.15) is 176 Å². The fourth-order valence-electron chi connectivity index (χ4n) is 16.8. The first-order valence-electron chi connectivity index (χ1n) is 28.3. The minimum Gasteiger partial charge on any atom is -0.491 e. The van der Waals surface area contributed by atoms with Gasteiger partial charge in [-0.3, -0.25) is 28.9 Å². The van der Waals surface area contributed by atoms with Crippen LogP contribution in [0.2, 0.25) is 5.02 Å². The first kappa shape index (κ1) is 54.6. The monoisotopic (exact) mass is 1040 g/mol. The molecule has 1 saturated heterocycles. The third-order valence-electron chi connectivity index (χ3n) is 21.3. The van der Waals surface area contributed by atoms with Gasteiger partial charge < -0.3 is 24.8 Å². The van der Waals surface area contributed by atoms with E-state index in [1.165, 1.54) is 19.3 Å². The molecule has 0 unspecified atom stereocenters. The Kier molecular flexibility index (Phi) is 14.7. The largest absolute Gasteiger partial charge is 0.491 e. The van der Waals surface area contributed by atoms with E-state index in [0.29, 0.717) is 47.6 Å². The first-order chi connectivity index (χ1) is 34.8. The Morgan fingerprint density at radius 2 is 1.50 bits per heavy atom. The number of allylic oxidation sites excluding steroid dienone is 1. The van der Waals surface area contributed by atoms with Crippen LogP contribution in [-0.4, -0.2) is 77.9 Å². The van der Waals surface area contributed by atoms with E-state index in [-0.39, 0.29) is 88.1 Å². The summed E-state index contributed by atoms with van der Waals surface area (Å²) in [6.07, 6.45) is 11.3. The highest BCUT2D eigenvalue weighted by Gasteiger charge is 2.71. The normalized spacial score (nSPS) is 34.3. The molecule has 0 radical (unpaired) electrons. The first-order valence-corrected chi connectivity index (χ1v) is 28.7. The molecular formula is C62H86ClN3O8. The van der Waals surface area contributed by atoms with Crippen LogP contribution in [0.3, 0.4) is 0 Å². The highest BCUT2D eigenvalue weighted by molar-refractivity contribution is 6.30. The summed E-state index contributed by atoms with van der Waals surface area (Å²) in [6.45, 7) is 27.4. The second-order valence-corrected chi connectivity index (χ2v) is 27.2. The summed E-state index contributed by atoms with van der Waals surface area (Å²) >= 11 is 6.42. The van der Waals surface area contributed by atoms with Crippen LogP contribution in [0.25, 0.3) is 0 Å². The summed E-state index contributed by atoms with van der Waals surface area (Å²) in [5.41, 5.74) is 0.104. The number of likely N-dealkylation sites (tertiary alicyclic amines) is 1. The van der Waals surface area contributed by atoms with E-state index in [1.54, 1.807) is 32.0 Å². The summed E-state index contributed by atoms with van der Waals surface area (Å²) in [5, 5.41) is 7.01. The maximum atomic E-state index is 14.8. The van der Waals surface area contributed by atoms with Gasteiger partial charge in [0.2, 0.25) is 5.91 Å². The van der Waals surface area contributed by atoms with E-state index in [4.69, 9.17) is 25.8 Å². The Hall–Kier alpha value is -4.22. The van der Waals surface area contributed by atoms with Crippen molar-refractivity contribution in [3.05, 3.63) is 75.8 Å². The van der Waals surface area contributed by atoms with E-state index < -0.39 is 22.4 Å². The number of carbonyl (C=O) groups is 5. The van der Waals surface area contributed by atoms with Crippen molar-refractivity contribution in [2.75, 3.05) is 26.2 Å². The summed E-state index contributed by atoms with van der Waals surface area (Å²) in [7, 11) is 0. The molecule has 5 saturated carbocycles. The summed E-state index contributed by atoms with van der Waals surface area (Å²) in [4.78, 5) is 73.2. The minimum atomic E-state index is -1.32. The van der Waals surface area contributed by atoms with Gasteiger partial charge in [-0.25, -0.2) is 0 Å². The number of ether oxygens (including phenoxy) is 3. The Morgan fingerprint density at radius 1 is 0.797 bits per heavy atom. The molecule has 1 heterocycles. The van der Waals surface area contributed by atoms with Crippen LogP contribution in [0.4, 0.5) is 0 Å². The average molecular weight is 1040 g/mol. The van der Waals surface area contributed by atoms with Gasteiger partial charge in [0.15, 0.2) is 5.78 Å². The Labute approximate surface area is 446 Å². The molecule has 2 aromatic rings. The molecule has 0 spiro atoms. The minimum absolute atomic E-state index is 0.00474. The predicted molar refractivity (Wildman–Crippen MR) is 288 cm³/mol. The quantitative estimate of drug-likeness (QED) is 0.177. The van der Waals surface area contributed by atoms with Gasteiger partial charge in [-0.1, -0.05) is 111 Å². The van der Waals surface area contributed by atoms with Crippen LogP contribution in [-0.2, 0) is 35.3 Å². The van der Waals surface area contributed by atoms with Gasteiger partial charge >= 0.3 is 11.9 Å². The summed E-state index contributed by atoms with van der Waals surface area (Å²) in [6, 6.07) is 14.7. The van der Waals surface area contributed by atoms with Crippen molar-refractivity contribution < 1.29 is 38.2 Å². The molecule has 2 amide bonds. The fraction of sp³-hybridized carbons (Fsp3) is 0.694. The Balaban J connectivity index is 0.883. The number of rotatable bonds is 14. The number of benzene rings is 2. The van der Waals surface area contributed by atoms with Crippen molar-refractivity contribution in [3.8, 4) is 5.75 Å². The van der Waals surface area contributed by atoms with E-state index in [2.05, 4.69) is 64.0 Å². The number of fused-ring (bicyclic) bond motifs is 7. The smallest absolute Gasteiger partial charge is 0.309 e. The molecule has 7 aliphatic rings. The van der Waals surface area contributed by atoms with Gasteiger partial charge in [-0.05, 0) is 178 Å². The van der Waals surface area contributed by atoms with Gasteiger partial charge in [0.05, 0.1) is 22.9 Å². The molecule has 6 aliphatic carbocycles. The average Bonchev–Trinajstić information content (AvgIpc) is 3.64. The van der Waals surface area contributed by atoms with Crippen molar-refractivity contribution in [2.24, 2.45) is 62.6 Å². The fourth-order valence-corrected chi connectivity index (χ4v) is 16.9. The number of esters is 2. The molecule has 10 atom stereocenters. The van der Waals surface area contributed by atoms with Crippen molar-refractivity contribution in [1.29, 1.82) is 0 Å². The number of piperidine rings is 1. The van der Waals surface area contributed by atoms with E-state index in [9.17, 15) is 24.0 Å². The van der Waals surface area contributed by atoms with Crippen LogP contribution in [0.5, 0.6) is 5.75 Å². The third kappa shape index (κ3) is 9.35. The van der Waals surface area contributed by atoms with Crippen molar-refractivity contribution in [2.45, 2.75) is 183 Å². The summed E-state index contributed by atoms with van der Waals surface area (Å²) in [5.74, 6) is -0.561. The van der Waals surface area contributed by atoms with Crippen LogP contribution in [0.15, 0.2) is 59.7 Å². The molecule has 12 heteroatoms. The lowest BCUT2D eigenvalue weighted by atomic mass is 9.33. The summed E-state index contributed by atoms with van der Waals surface area (Å²) < 4.78 is 18.5. The number of nitrogens with one attached hydrogen (secondary N) is 2. The number of nitrogens with zero attached hydrogens (tertiary/aromatic N) is 1. The third-order valence-corrected chi connectivity index (χ3v) is 21.6. The predicted octanol–water partition coefficient (Wildman–Crippen LogP) is 11.9. The van der Waals surface area contributed by atoms with Gasteiger partial charge in [0.1, 0.15) is 30.6 Å². The van der Waals surface area contributed by atoms with Crippen molar-refractivity contribution in [3.63, 3.8) is 0 Å². The van der Waals surface area contributed by atoms with Crippen molar-refractivity contribution in [1.82, 2.24) is 15.5 Å². The zero-order chi connectivity index (χ0) is 53.4. The number of hydrogen-bond donors (Lipinski definition) is 2. The van der Waals surface area contributed by atoms with E-state index in [0.717, 1.165) is 81.3 Å². The van der Waals surface area contributed by atoms with Gasteiger partial charge in [-0.2, -0.15) is 0 Å².